The summed E-state index contributed by atoms with van der Waals surface area (Å²) >= 11 is 0. The predicted molar refractivity (Wildman–Crippen MR) is 228 cm³/mol. The molecule has 272 valence electrons. The molecule has 3 N–H and O–H groups in total. The molecule has 3 aliphatic rings. The number of carbonyl (C=O) groups is 1. The number of benzene rings is 4. The highest BCUT2D eigenvalue weighted by Gasteiger charge is 2.22. The van der Waals surface area contributed by atoms with Crippen molar-refractivity contribution in [3.63, 3.8) is 0 Å². The number of H-pyrrole nitrogens is 2. The van der Waals surface area contributed by atoms with Crippen LogP contribution in [0.2, 0.25) is 0 Å². The molecule has 1 fully saturated rings. The van der Waals surface area contributed by atoms with Crippen LogP contribution in [0.1, 0.15) is 33.1 Å². The zero-order valence-electron chi connectivity index (χ0n) is 30.9. The van der Waals surface area contributed by atoms with Crippen molar-refractivity contribution in [1.29, 1.82) is 0 Å². The number of nitrogens with zero attached hydrogens (tertiary/aromatic N) is 3. The molecule has 7 aromatic rings. The third-order valence-corrected chi connectivity index (χ3v) is 11.1. The maximum Gasteiger partial charge on any atom is 0.253 e. The van der Waals surface area contributed by atoms with E-state index in [1.165, 1.54) is 0 Å². The molecule has 0 aliphatic carbocycles. The van der Waals surface area contributed by atoms with Crippen LogP contribution in [0.4, 0.5) is 0 Å². The van der Waals surface area contributed by atoms with E-state index in [1.54, 1.807) is 0 Å². The van der Waals surface area contributed by atoms with Gasteiger partial charge in [0.2, 0.25) is 0 Å². The largest absolute Gasteiger partial charge is 0.354 e. The summed E-state index contributed by atoms with van der Waals surface area (Å²) < 4.78 is 0. The van der Waals surface area contributed by atoms with E-state index in [0.29, 0.717) is 18.7 Å². The molecule has 8 bridgehead atoms. The van der Waals surface area contributed by atoms with E-state index in [1.807, 2.05) is 23.1 Å². The van der Waals surface area contributed by atoms with Gasteiger partial charge in [0, 0.05) is 76.1 Å². The Morgan fingerprint density at radius 1 is 0.464 bits per heavy atom. The minimum absolute atomic E-state index is 0.0626. The van der Waals surface area contributed by atoms with Crippen LogP contribution in [0.3, 0.4) is 0 Å². The highest BCUT2D eigenvalue weighted by atomic mass is 16.2. The molecule has 7 nitrogen and oxygen atoms in total. The molecule has 0 unspecified atom stereocenters. The molecule has 0 spiro atoms. The van der Waals surface area contributed by atoms with Gasteiger partial charge >= 0.3 is 0 Å². The Hall–Kier alpha value is -6.83. The number of piperazine rings is 1. The summed E-state index contributed by atoms with van der Waals surface area (Å²) in [6.07, 6.45) is 5.86. The summed E-state index contributed by atoms with van der Waals surface area (Å²) in [6.45, 7) is 3.05. The van der Waals surface area contributed by atoms with Gasteiger partial charge in [0.05, 0.1) is 22.8 Å². The number of aryl methyl sites for hydroxylation is 2. The average molecular weight is 729 g/mol. The summed E-state index contributed by atoms with van der Waals surface area (Å²) in [4.78, 5) is 34.0. The zero-order valence-corrected chi connectivity index (χ0v) is 30.9. The van der Waals surface area contributed by atoms with Crippen molar-refractivity contribution in [3.05, 3.63) is 168 Å². The van der Waals surface area contributed by atoms with Crippen molar-refractivity contribution < 1.29 is 4.79 Å². The van der Waals surface area contributed by atoms with Gasteiger partial charge in [-0.15, -0.1) is 0 Å². The molecule has 3 aliphatic heterocycles. The molecule has 1 amide bonds. The molecule has 0 saturated carbocycles. The minimum Gasteiger partial charge on any atom is -0.354 e. The van der Waals surface area contributed by atoms with E-state index >= 15 is 0 Å². The number of carbonyl (C=O) groups excluding carboxylic acids is 1. The molecule has 10 rings (SSSR count). The molecule has 1 saturated heterocycles. The van der Waals surface area contributed by atoms with Crippen LogP contribution in [-0.2, 0) is 12.8 Å². The monoisotopic (exact) mass is 728 g/mol. The first kappa shape index (κ1) is 33.7. The maximum absolute atomic E-state index is 13.5. The number of hydrogen-bond acceptors (Lipinski definition) is 4. The Bertz CT molecular complexity index is 2780. The lowest BCUT2D eigenvalue weighted by Crippen LogP contribution is -2.46. The first-order valence-corrected chi connectivity index (χ1v) is 19.4. The van der Waals surface area contributed by atoms with Crippen LogP contribution in [0, 0.1) is 0 Å². The normalized spacial score (nSPS) is 13.9. The van der Waals surface area contributed by atoms with Gasteiger partial charge in [0.25, 0.3) is 5.91 Å². The Labute approximate surface area is 325 Å². The second-order valence-electron chi connectivity index (χ2n) is 14.5. The van der Waals surface area contributed by atoms with Gasteiger partial charge in [-0.25, -0.2) is 4.98 Å². The van der Waals surface area contributed by atoms with Crippen LogP contribution >= 0.6 is 0 Å². The van der Waals surface area contributed by atoms with Crippen molar-refractivity contribution in [1.82, 2.24) is 30.2 Å². The fourth-order valence-electron chi connectivity index (χ4n) is 8.37. The number of aromatic nitrogens is 4. The first-order chi connectivity index (χ1) is 27.7. The Kier molecular flexibility index (Phi) is 8.69. The van der Waals surface area contributed by atoms with Crippen molar-refractivity contribution in [2.75, 3.05) is 26.2 Å². The quantitative estimate of drug-likeness (QED) is 0.165. The number of aromatic amines is 2. The summed E-state index contributed by atoms with van der Waals surface area (Å²) in [5.74, 6) is 0.0626. The molecule has 0 atom stereocenters. The van der Waals surface area contributed by atoms with Crippen molar-refractivity contribution in [3.8, 4) is 44.5 Å². The number of rotatable bonds is 5. The van der Waals surface area contributed by atoms with Crippen molar-refractivity contribution in [2.24, 2.45) is 0 Å². The van der Waals surface area contributed by atoms with Crippen molar-refractivity contribution >= 4 is 40.1 Å². The molecule has 3 aromatic heterocycles. The number of amides is 1. The second-order valence-corrected chi connectivity index (χ2v) is 14.5. The molecule has 56 heavy (non-hydrogen) atoms. The lowest BCUT2D eigenvalue weighted by Gasteiger charge is -2.27. The van der Waals surface area contributed by atoms with Crippen LogP contribution in [0.25, 0.3) is 78.7 Å². The van der Waals surface area contributed by atoms with Gasteiger partial charge in [-0.05, 0) is 83.6 Å². The van der Waals surface area contributed by atoms with E-state index in [2.05, 4.69) is 149 Å². The molecule has 7 heteroatoms. The lowest BCUT2D eigenvalue weighted by molar-refractivity contribution is 0.0736. The second kappa shape index (κ2) is 14.4. The van der Waals surface area contributed by atoms with Gasteiger partial charge in [-0.1, -0.05) is 103 Å². The van der Waals surface area contributed by atoms with E-state index in [-0.39, 0.29) is 5.91 Å². The summed E-state index contributed by atoms with van der Waals surface area (Å²) in [5, 5.41) is 3.34. The Morgan fingerprint density at radius 3 is 1.34 bits per heavy atom. The fourth-order valence-corrected chi connectivity index (χ4v) is 8.37. The Morgan fingerprint density at radius 2 is 0.875 bits per heavy atom. The third kappa shape index (κ3) is 6.22. The molecular weight excluding hydrogens is 689 g/mol. The minimum atomic E-state index is 0.0626. The molecule has 6 heterocycles. The SMILES string of the molecule is O=C(c1ccc(-c2c3nc(c(-c4ccccc4)c4ccc([nH]4)c(-c4ccccc4)c4nc(c(-c5ccccc5)c5ccc2[nH]5)CC4)C=C3)cc1)N1CCNCC1. The highest BCUT2D eigenvalue weighted by Crippen LogP contribution is 2.38. The summed E-state index contributed by atoms with van der Waals surface area (Å²) in [6, 6.07) is 48.3. The Balaban J connectivity index is 1.29. The molecule has 0 radical (unpaired) electrons. The van der Waals surface area contributed by atoms with E-state index in [4.69, 9.17) is 9.97 Å². The standard InChI is InChI=1S/C49H40N6O/c56-49(55-30-28-50-29-31-55)36-18-16-35(17-19-36)48-43-26-24-41(53-43)46(33-12-6-2-7-13-33)39-22-20-37(51-39)45(32-10-4-1-5-11-32)38-21-23-40(52-38)47(34-14-8-3-9-15-34)42-25-27-44(48)54-42/h1-20,22,24-27,50-51,54H,21,23,28-31H2. The highest BCUT2D eigenvalue weighted by molar-refractivity contribution is 5.99. The number of nitrogens with one attached hydrogen (secondary N) is 3. The predicted octanol–water partition coefficient (Wildman–Crippen LogP) is 9.98. The third-order valence-electron chi connectivity index (χ3n) is 11.1. The number of hydrogen-bond donors (Lipinski definition) is 3. The average Bonchev–Trinajstić information content (AvgIpc) is 4.11. The van der Waals surface area contributed by atoms with E-state index < -0.39 is 0 Å². The topological polar surface area (TPSA) is 89.7 Å². The van der Waals surface area contributed by atoms with Gasteiger partial charge in [0.1, 0.15) is 0 Å². The van der Waals surface area contributed by atoms with E-state index in [0.717, 1.165) is 115 Å². The summed E-state index contributed by atoms with van der Waals surface area (Å²) in [5.41, 5.74) is 16.9. The van der Waals surface area contributed by atoms with Crippen LogP contribution < -0.4 is 5.32 Å². The van der Waals surface area contributed by atoms with Gasteiger partial charge < -0.3 is 20.2 Å². The van der Waals surface area contributed by atoms with Crippen molar-refractivity contribution in [2.45, 2.75) is 12.8 Å². The van der Waals surface area contributed by atoms with Crippen LogP contribution in [0.5, 0.6) is 0 Å². The summed E-state index contributed by atoms with van der Waals surface area (Å²) in [7, 11) is 0. The smallest absolute Gasteiger partial charge is 0.253 e. The zero-order chi connectivity index (χ0) is 37.4. The van der Waals surface area contributed by atoms with Gasteiger partial charge in [-0.3, -0.25) is 9.78 Å². The van der Waals surface area contributed by atoms with Crippen LogP contribution in [-0.4, -0.2) is 56.9 Å². The molecule has 4 aromatic carbocycles. The molecular formula is C49H40N6O. The fraction of sp³-hybridized carbons (Fsp3) is 0.122. The lowest BCUT2D eigenvalue weighted by atomic mass is 10.0. The van der Waals surface area contributed by atoms with Gasteiger partial charge in [0.15, 0.2) is 0 Å². The van der Waals surface area contributed by atoms with E-state index in [9.17, 15) is 4.79 Å². The first-order valence-electron chi connectivity index (χ1n) is 19.4. The van der Waals surface area contributed by atoms with Gasteiger partial charge in [-0.2, -0.15) is 0 Å². The number of fused-ring (bicyclic) bond motifs is 8. The van der Waals surface area contributed by atoms with Crippen LogP contribution in [0.15, 0.2) is 140 Å². The maximum atomic E-state index is 13.5.